The average Bonchev–Trinajstić information content (AvgIpc) is 2.91. The van der Waals surface area contributed by atoms with Crippen molar-refractivity contribution in [3.63, 3.8) is 0 Å². The molecule has 2 heterocycles. The van der Waals surface area contributed by atoms with E-state index in [2.05, 4.69) is 28.7 Å². The third-order valence-electron chi connectivity index (χ3n) is 2.72. The number of ether oxygens (including phenoxy) is 1. The summed E-state index contributed by atoms with van der Waals surface area (Å²) in [5.41, 5.74) is 6.55. The van der Waals surface area contributed by atoms with Crippen LogP contribution in [0.15, 0.2) is 29.6 Å². The van der Waals surface area contributed by atoms with Crippen LogP contribution in [-0.4, -0.2) is 12.1 Å². The highest BCUT2D eigenvalue weighted by molar-refractivity contribution is 7.10. The van der Waals surface area contributed by atoms with Crippen LogP contribution in [0.2, 0.25) is 0 Å². The van der Waals surface area contributed by atoms with E-state index >= 15 is 0 Å². The van der Waals surface area contributed by atoms with Crippen molar-refractivity contribution in [2.45, 2.75) is 19.4 Å². The maximum atomic E-state index is 5.92. The van der Waals surface area contributed by atoms with E-state index in [0.717, 1.165) is 6.42 Å². The van der Waals surface area contributed by atoms with Crippen molar-refractivity contribution in [3.8, 4) is 5.88 Å². The molecule has 0 aliphatic carbocycles. The summed E-state index contributed by atoms with van der Waals surface area (Å²) in [4.78, 5) is 5.61. The Bertz CT molecular complexity index is 499. The summed E-state index contributed by atoms with van der Waals surface area (Å²) in [6.07, 6.45) is 0.971. The number of pyridine rings is 1. The summed E-state index contributed by atoms with van der Waals surface area (Å²) in [7, 11) is 1.60. The molecule has 0 amide bonds. The first-order chi connectivity index (χ1) is 8.74. The van der Waals surface area contributed by atoms with E-state index in [1.165, 1.54) is 4.88 Å². The highest BCUT2D eigenvalue weighted by Gasteiger charge is 2.13. The molecule has 3 N–H and O–H groups in total. The smallest absolute Gasteiger partial charge is 0.215 e. The molecular weight excluding hydrogens is 246 g/mol. The van der Waals surface area contributed by atoms with E-state index < -0.39 is 0 Å². The van der Waals surface area contributed by atoms with Crippen LogP contribution in [0.1, 0.15) is 24.3 Å². The summed E-state index contributed by atoms with van der Waals surface area (Å²) in [6.45, 7) is 2.13. The molecule has 0 saturated carbocycles. The van der Waals surface area contributed by atoms with Gasteiger partial charge in [0.2, 0.25) is 5.88 Å². The Labute approximate surface area is 111 Å². The second-order valence-corrected chi connectivity index (χ2v) is 4.89. The number of methoxy groups -OCH3 is 1. The molecule has 0 aromatic carbocycles. The summed E-state index contributed by atoms with van der Waals surface area (Å²) >= 11 is 1.73. The molecule has 18 heavy (non-hydrogen) atoms. The monoisotopic (exact) mass is 263 g/mol. The Morgan fingerprint density at radius 2 is 2.28 bits per heavy atom. The van der Waals surface area contributed by atoms with Gasteiger partial charge in [0.1, 0.15) is 0 Å². The van der Waals surface area contributed by atoms with Gasteiger partial charge in [-0.15, -0.1) is 11.3 Å². The standard InChI is InChI=1S/C13H17N3OS/c1-3-10(11-5-4-8-18-11)15-13-9(14)6-7-12(16-13)17-2/h4-8,10H,3,14H2,1-2H3,(H,15,16). The van der Waals surface area contributed by atoms with Gasteiger partial charge in [-0.05, 0) is 23.9 Å². The van der Waals surface area contributed by atoms with Gasteiger partial charge in [-0.1, -0.05) is 13.0 Å². The Morgan fingerprint density at radius 1 is 1.44 bits per heavy atom. The number of nitrogens with one attached hydrogen (secondary N) is 1. The lowest BCUT2D eigenvalue weighted by Gasteiger charge is -2.17. The summed E-state index contributed by atoms with van der Waals surface area (Å²) in [5, 5.41) is 5.44. The van der Waals surface area contributed by atoms with Crippen LogP contribution >= 0.6 is 11.3 Å². The second kappa shape index (κ2) is 5.73. The summed E-state index contributed by atoms with van der Waals surface area (Å²) in [6, 6.07) is 7.95. The quantitative estimate of drug-likeness (QED) is 0.869. The molecule has 4 nitrogen and oxygen atoms in total. The fourth-order valence-corrected chi connectivity index (χ4v) is 2.57. The van der Waals surface area contributed by atoms with Gasteiger partial charge in [-0.25, -0.2) is 0 Å². The van der Waals surface area contributed by atoms with Crippen LogP contribution in [0.4, 0.5) is 11.5 Å². The topological polar surface area (TPSA) is 60.2 Å². The van der Waals surface area contributed by atoms with Crippen LogP contribution in [0.3, 0.4) is 0 Å². The van der Waals surface area contributed by atoms with E-state index in [4.69, 9.17) is 10.5 Å². The number of anilines is 2. The van der Waals surface area contributed by atoms with Crippen LogP contribution in [0.5, 0.6) is 5.88 Å². The van der Waals surface area contributed by atoms with Crippen molar-refractivity contribution in [2.24, 2.45) is 0 Å². The molecular formula is C13H17N3OS. The minimum atomic E-state index is 0.229. The Balaban J connectivity index is 2.21. The van der Waals surface area contributed by atoms with Gasteiger partial charge in [0.15, 0.2) is 5.82 Å². The van der Waals surface area contributed by atoms with E-state index in [9.17, 15) is 0 Å². The van der Waals surface area contributed by atoms with Gasteiger partial charge in [0.25, 0.3) is 0 Å². The Morgan fingerprint density at radius 3 is 2.89 bits per heavy atom. The molecule has 0 saturated heterocycles. The Hall–Kier alpha value is -1.75. The maximum absolute atomic E-state index is 5.92. The number of hydrogen-bond acceptors (Lipinski definition) is 5. The van der Waals surface area contributed by atoms with E-state index in [-0.39, 0.29) is 6.04 Å². The number of nitrogens with two attached hydrogens (primary N) is 1. The van der Waals surface area contributed by atoms with Crippen LogP contribution in [0, 0.1) is 0 Å². The number of nitrogen functional groups attached to an aromatic ring is 1. The largest absolute Gasteiger partial charge is 0.481 e. The molecule has 0 radical (unpaired) electrons. The van der Waals surface area contributed by atoms with Gasteiger partial charge < -0.3 is 15.8 Å². The first-order valence-corrected chi connectivity index (χ1v) is 6.73. The zero-order valence-corrected chi connectivity index (χ0v) is 11.3. The predicted octanol–water partition coefficient (Wildman–Crippen LogP) is 3.30. The molecule has 5 heteroatoms. The highest BCUT2D eigenvalue weighted by atomic mass is 32.1. The van der Waals surface area contributed by atoms with Gasteiger partial charge in [-0.3, -0.25) is 0 Å². The first-order valence-electron chi connectivity index (χ1n) is 5.85. The number of aromatic nitrogens is 1. The molecule has 2 aromatic rings. The van der Waals surface area contributed by atoms with Gasteiger partial charge in [0.05, 0.1) is 18.8 Å². The normalized spacial score (nSPS) is 12.1. The molecule has 1 unspecified atom stereocenters. The zero-order valence-electron chi connectivity index (χ0n) is 10.5. The third kappa shape index (κ3) is 2.73. The fourth-order valence-electron chi connectivity index (χ4n) is 1.71. The van der Waals surface area contributed by atoms with Crippen molar-refractivity contribution in [1.82, 2.24) is 4.98 Å². The molecule has 0 fully saturated rings. The first kappa shape index (κ1) is 12.7. The molecule has 0 bridgehead atoms. The van der Waals surface area contributed by atoms with Crippen molar-refractivity contribution in [3.05, 3.63) is 34.5 Å². The average molecular weight is 263 g/mol. The lowest BCUT2D eigenvalue weighted by molar-refractivity contribution is 0.398. The van der Waals surface area contributed by atoms with Gasteiger partial charge in [0, 0.05) is 10.9 Å². The number of thiophene rings is 1. The molecule has 0 aliphatic rings. The zero-order chi connectivity index (χ0) is 13.0. The molecule has 96 valence electrons. The van der Waals surface area contributed by atoms with E-state index in [0.29, 0.717) is 17.4 Å². The van der Waals surface area contributed by atoms with Crippen molar-refractivity contribution in [1.29, 1.82) is 0 Å². The molecule has 1 atom stereocenters. The van der Waals surface area contributed by atoms with Crippen LogP contribution in [0.25, 0.3) is 0 Å². The maximum Gasteiger partial charge on any atom is 0.215 e. The van der Waals surface area contributed by atoms with E-state index in [1.54, 1.807) is 30.6 Å². The highest BCUT2D eigenvalue weighted by Crippen LogP contribution is 2.28. The molecule has 2 rings (SSSR count). The Kier molecular flexibility index (Phi) is 4.04. The number of hydrogen-bond donors (Lipinski definition) is 2. The molecule has 2 aromatic heterocycles. The molecule has 0 spiro atoms. The van der Waals surface area contributed by atoms with E-state index in [1.807, 2.05) is 6.07 Å². The van der Waals surface area contributed by atoms with Gasteiger partial charge in [-0.2, -0.15) is 4.98 Å². The lowest BCUT2D eigenvalue weighted by atomic mass is 10.2. The summed E-state index contributed by atoms with van der Waals surface area (Å²) in [5.74, 6) is 1.24. The van der Waals surface area contributed by atoms with Crippen molar-refractivity contribution < 1.29 is 4.74 Å². The van der Waals surface area contributed by atoms with Crippen molar-refractivity contribution >= 4 is 22.8 Å². The van der Waals surface area contributed by atoms with Gasteiger partial charge >= 0.3 is 0 Å². The number of rotatable bonds is 5. The minimum absolute atomic E-state index is 0.229. The lowest BCUT2D eigenvalue weighted by Crippen LogP contribution is -2.11. The van der Waals surface area contributed by atoms with Crippen LogP contribution < -0.4 is 15.8 Å². The summed E-state index contributed by atoms with van der Waals surface area (Å²) < 4.78 is 5.11. The second-order valence-electron chi connectivity index (χ2n) is 3.91. The van der Waals surface area contributed by atoms with Crippen LogP contribution in [-0.2, 0) is 0 Å². The van der Waals surface area contributed by atoms with Crippen molar-refractivity contribution in [2.75, 3.05) is 18.2 Å². The minimum Gasteiger partial charge on any atom is -0.481 e. The molecule has 0 aliphatic heterocycles. The predicted molar refractivity (Wildman–Crippen MR) is 76.2 cm³/mol. The fraction of sp³-hybridized carbons (Fsp3) is 0.308. The SMILES string of the molecule is CCC(Nc1nc(OC)ccc1N)c1cccs1. The third-order valence-corrected chi connectivity index (χ3v) is 3.70. The number of nitrogens with zero attached hydrogens (tertiary/aromatic N) is 1.